The lowest BCUT2D eigenvalue weighted by Crippen LogP contribution is -2.67. The minimum Gasteiger partial charge on any atom is -0.312 e. The third kappa shape index (κ3) is 4.01. The molecule has 0 bridgehead atoms. The predicted octanol–water partition coefficient (Wildman–Crippen LogP) is 7.81. The van der Waals surface area contributed by atoms with Crippen molar-refractivity contribution in [3.8, 4) is 0 Å². The fourth-order valence-electron chi connectivity index (χ4n) is 8.14. The van der Waals surface area contributed by atoms with Gasteiger partial charge in [0.05, 0.1) is 0 Å². The summed E-state index contributed by atoms with van der Waals surface area (Å²) in [6.45, 7) is 21.4. The average molecular weight is 603 g/mol. The van der Waals surface area contributed by atoms with Gasteiger partial charge < -0.3 is 9.80 Å². The van der Waals surface area contributed by atoms with Gasteiger partial charge in [0.15, 0.2) is 0 Å². The van der Waals surface area contributed by atoms with E-state index in [-0.39, 0.29) is 17.5 Å². The van der Waals surface area contributed by atoms with Crippen molar-refractivity contribution in [2.24, 2.45) is 0 Å². The van der Waals surface area contributed by atoms with Crippen molar-refractivity contribution in [1.82, 2.24) is 0 Å². The molecule has 3 aliphatic rings. The molecule has 4 heteroatoms. The number of hydrogen-bond acceptors (Lipinski definition) is 2. The maximum atomic E-state index is 2.63. The molecule has 0 spiro atoms. The highest BCUT2D eigenvalue weighted by Crippen LogP contribution is 2.46. The Morgan fingerprint density at radius 3 is 1.87 bits per heavy atom. The van der Waals surface area contributed by atoms with Gasteiger partial charge in [-0.15, -0.1) is 0 Å². The fourth-order valence-corrected chi connectivity index (χ4v) is 11.1. The Hall–Kier alpha value is -4.02. The second-order valence-electron chi connectivity index (χ2n) is 16.0. The quantitative estimate of drug-likeness (QED) is 0.177. The molecule has 0 fully saturated rings. The summed E-state index contributed by atoms with van der Waals surface area (Å²) in [6.07, 6.45) is 0. The Bertz CT molecular complexity index is 2030. The lowest BCUT2D eigenvalue weighted by molar-refractivity contribution is 0.590. The van der Waals surface area contributed by atoms with Gasteiger partial charge in [-0.05, 0) is 97.6 Å². The number of fused-ring (bicyclic) bond motifs is 6. The van der Waals surface area contributed by atoms with E-state index in [0.717, 1.165) is 0 Å². The molecular formula is C41H43BN2Si. The molecule has 0 amide bonds. The van der Waals surface area contributed by atoms with Crippen LogP contribution in [0.15, 0.2) is 97.1 Å². The molecule has 0 aliphatic carbocycles. The van der Waals surface area contributed by atoms with Crippen molar-refractivity contribution < 1.29 is 0 Å². The first kappa shape index (κ1) is 28.5. The molecule has 0 radical (unpaired) electrons. The van der Waals surface area contributed by atoms with Crippen molar-refractivity contribution in [2.45, 2.75) is 72.4 Å². The van der Waals surface area contributed by atoms with Gasteiger partial charge in [0.2, 0.25) is 0 Å². The first-order chi connectivity index (χ1) is 21.3. The smallest absolute Gasteiger partial charge is 0.252 e. The first-order valence-electron chi connectivity index (χ1n) is 16.5. The second-order valence-corrected chi connectivity index (χ2v) is 20.4. The number of rotatable bonds is 1. The van der Waals surface area contributed by atoms with E-state index in [1.807, 2.05) is 0 Å². The molecule has 2 nitrogen and oxygen atoms in total. The topological polar surface area (TPSA) is 6.48 Å². The number of para-hydroxylation sites is 2. The molecule has 3 aliphatic heterocycles. The standard InChI is InChI=1S/C41H43BN2Si/c1-26-23-34-38-35(24-26)44-33-14-10-11-15-36(33)45(8,9)37-16-12-13-30(39(37)44)42(38)31-25-28(41(5,6)7)19-22-32(31)43(34)29-20-17-27(18-21-29)40(2,3)4/h10-25H,1-9H3. The fraction of sp³-hybridized carbons (Fsp3) is 0.268. The van der Waals surface area contributed by atoms with Gasteiger partial charge in [0, 0.05) is 34.1 Å². The van der Waals surface area contributed by atoms with Crippen LogP contribution in [0.4, 0.5) is 34.1 Å². The Balaban J connectivity index is 1.48. The molecule has 0 saturated carbocycles. The zero-order chi connectivity index (χ0) is 31.6. The average Bonchev–Trinajstić information content (AvgIpc) is 2.99. The van der Waals surface area contributed by atoms with Crippen LogP contribution < -0.4 is 36.6 Å². The molecule has 0 unspecified atom stereocenters. The van der Waals surface area contributed by atoms with Crippen molar-refractivity contribution in [3.05, 3.63) is 114 Å². The van der Waals surface area contributed by atoms with E-state index in [2.05, 4.69) is 168 Å². The van der Waals surface area contributed by atoms with E-state index in [1.165, 1.54) is 72.4 Å². The third-order valence-electron chi connectivity index (χ3n) is 10.6. The van der Waals surface area contributed by atoms with Gasteiger partial charge in [-0.1, -0.05) is 115 Å². The monoisotopic (exact) mass is 602 g/mol. The molecule has 0 aromatic heterocycles. The summed E-state index contributed by atoms with van der Waals surface area (Å²) in [7, 11) is -1.93. The van der Waals surface area contributed by atoms with Crippen LogP contribution >= 0.6 is 0 Å². The highest BCUT2D eigenvalue weighted by atomic mass is 28.3. The van der Waals surface area contributed by atoms with Gasteiger partial charge in [-0.2, -0.15) is 0 Å². The molecule has 0 N–H and O–H groups in total. The zero-order valence-corrected chi connectivity index (χ0v) is 29.2. The zero-order valence-electron chi connectivity index (χ0n) is 28.2. The molecule has 3 heterocycles. The molecular weight excluding hydrogens is 559 g/mol. The van der Waals surface area contributed by atoms with E-state index >= 15 is 0 Å². The summed E-state index contributed by atoms with van der Waals surface area (Å²) >= 11 is 0. The minimum atomic E-state index is -1.93. The van der Waals surface area contributed by atoms with E-state index < -0.39 is 8.07 Å². The van der Waals surface area contributed by atoms with Gasteiger partial charge >= 0.3 is 0 Å². The maximum Gasteiger partial charge on any atom is 0.252 e. The summed E-state index contributed by atoms with van der Waals surface area (Å²) in [5, 5.41) is 3.06. The van der Waals surface area contributed by atoms with Gasteiger partial charge in [-0.3, -0.25) is 0 Å². The molecule has 0 saturated heterocycles. The van der Waals surface area contributed by atoms with Crippen LogP contribution in [0, 0.1) is 6.92 Å². The van der Waals surface area contributed by atoms with Gasteiger partial charge in [0.25, 0.3) is 6.71 Å². The van der Waals surface area contributed by atoms with Gasteiger partial charge in [0.1, 0.15) is 8.07 Å². The molecule has 224 valence electrons. The van der Waals surface area contributed by atoms with Crippen LogP contribution in [0.25, 0.3) is 0 Å². The minimum absolute atomic E-state index is 0.0509. The normalized spacial score (nSPS) is 15.7. The summed E-state index contributed by atoms with van der Waals surface area (Å²) in [4.78, 5) is 5.17. The van der Waals surface area contributed by atoms with Crippen LogP contribution in [0.1, 0.15) is 58.2 Å². The molecule has 45 heavy (non-hydrogen) atoms. The summed E-state index contributed by atoms with van der Waals surface area (Å²) in [5.41, 5.74) is 16.4. The van der Waals surface area contributed by atoms with Crippen molar-refractivity contribution in [1.29, 1.82) is 0 Å². The summed E-state index contributed by atoms with van der Waals surface area (Å²) in [6, 6.07) is 37.8. The summed E-state index contributed by atoms with van der Waals surface area (Å²) < 4.78 is 0. The summed E-state index contributed by atoms with van der Waals surface area (Å²) in [5.74, 6) is 0. The van der Waals surface area contributed by atoms with Crippen LogP contribution in [-0.2, 0) is 10.8 Å². The Kier molecular flexibility index (Phi) is 5.86. The van der Waals surface area contributed by atoms with Gasteiger partial charge in [-0.25, -0.2) is 0 Å². The molecule has 5 aromatic carbocycles. The molecule has 8 rings (SSSR count). The second kappa shape index (κ2) is 9.26. The van der Waals surface area contributed by atoms with Crippen LogP contribution in [0.3, 0.4) is 0 Å². The lowest BCUT2D eigenvalue weighted by Gasteiger charge is -2.49. The van der Waals surface area contributed by atoms with E-state index in [0.29, 0.717) is 0 Å². The van der Waals surface area contributed by atoms with Crippen LogP contribution in [0.5, 0.6) is 0 Å². The predicted molar refractivity (Wildman–Crippen MR) is 199 cm³/mol. The number of aryl methyl sites for hydroxylation is 1. The van der Waals surface area contributed by atoms with Crippen LogP contribution in [-0.4, -0.2) is 14.8 Å². The van der Waals surface area contributed by atoms with Crippen LogP contribution in [0.2, 0.25) is 13.1 Å². The first-order valence-corrected chi connectivity index (χ1v) is 19.5. The number of nitrogens with zero attached hydrogens (tertiary/aromatic N) is 2. The largest absolute Gasteiger partial charge is 0.312 e. The van der Waals surface area contributed by atoms with E-state index in [9.17, 15) is 0 Å². The van der Waals surface area contributed by atoms with Crippen molar-refractivity contribution in [3.63, 3.8) is 0 Å². The number of benzene rings is 5. The van der Waals surface area contributed by atoms with Crippen molar-refractivity contribution >= 4 is 75.7 Å². The third-order valence-corrected chi connectivity index (χ3v) is 14.1. The van der Waals surface area contributed by atoms with Crippen molar-refractivity contribution in [2.75, 3.05) is 9.80 Å². The van der Waals surface area contributed by atoms with E-state index in [1.54, 1.807) is 5.19 Å². The SMILES string of the molecule is Cc1cc2c3c(c1)N1c4ccccc4[Si](C)(C)c4cccc(c41)B3c1cc(C(C)(C)C)ccc1N2c1ccc(C(C)(C)C)cc1. The Morgan fingerprint density at radius 1 is 0.556 bits per heavy atom. The Labute approximate surface area is 270 Å². The van der Waals surface area contributed by atoms with E-state index in [4.69, 9.17) is 0 Å². The Morgan fingerprint density at radius 2 is 1.18 bits per heavy atom. The molecule has 0 atom stereocenters. The maximum absolute atomic E-state index is 2.63. The highest BCUT2D eigenvalue weighted by molar-refractivity contribution is 7.05. The molecule has 5 aromatic rings. The highest BCUT2D eigenvalue weighted by Gasteiger charge is 2.48. The lowest BCUT2D eigenvalue weighted by atomic mass is 9.33. The number of anilines is 6. The number of hydrogen-bond donors (Lipinski definition) is 0.